The molecule has 1 N–H and O–H groups in total. The van der Waals surface area contributed by atoms with E-state index in [-0.39, 0.29) is 35.8 Å². The highest BCUT2D eigenvalue weighted by molar-refractivity contribution is 5.98. The number of carbonyl (C=O) groups is 2. The Morgan fingerprint density at radius 1 is 1.16 bits per heavy atom. The van der Waals surface area contributed by atoms with Crippen LogP contribution in [-0.2, 0) is 9.53 Å². The second-order valence-corrected chi connectivity index (χ2v) is 9.22. The summed E-state index contributed by atoms with van der Waals surface area (Å²) in [6.45, 7) is 6.05. The van der Waals surface area contributed by atoms with Gasteiger partial charge in [0.25, 0.3) is 5.91 Å². The van der Waals surface area contributed by atoms with Crippen molar-refractivity contribution < 1.29 is 19.1 Å². The van der Waals surface area contributed by atoms with E-state index >= 15 is 0 Å². The zero-order valence-corrected chi connectivity index (χ0v) is 19.5. The second-order valence-electron chi connectivity index (χ2n) is 9.22. The SMILES string of the molecule is CO[C@@H]1CN(C)C(=O)c2ccc(NC(=O)C3CCCC3)cc2OC[C@@H](C)N(C)C[C@@H]1C. The predicted molar refractivity (Wildman–Crippen MR) is 122 cm³/mol. The molecule has 2 aliphatic rings. The van der Waals surface area contributed by atoms with E-state index in [1.807, 2.05) is 0 Å². The van der Waals surface area contributed by atoms with E-state index in [1.54, 1.807) is 37.3 Å². The lowest BCUT2D eigenvalue weighted by Gasteiger charge is -2.34. The monoisotopic (exact) mass is 431 g/mol. The molecular formula is C24H37N3O4. The van der Waals surface area contributed by atoms with Crippen molar-refractivity contribution >= 4 is 17.5 Å². The smallest absolute Gasteiger partial charge is 0.257 e. The van der Waals surface area contributed by atoms with Gasteiger partial charge in [-0.1, -0.05) is 19.8 Å². The van der Waals surface area contributed by atoms with Crippen LogP contribution in [0.4, 0.5) is 5.69 Å². The molecule has 1 aliphatic carbocycles. The van der Waals surface area contributed by atoms with Crippen LogP contribution in [0.2, 0.25) is 0 Å². The van der Waals surface area contributed by atoms with Crippen LogP contribution in [0.15, 0.2) is 18.2 Å². The fraction of sp³-hybridized carbons (Fsp3) is 0.667. The molecule has 1 heterocycles. The molecule has 1 aliphatic heterocycles. The Morgan fingerprint density at radius 3 is 2.55 bits per heavy atom. The number of carbonyl (C=O) groups excluding carboxylic acids is 2. The van der Waals surface area contributed by atoms with E-state index in [4.69, 9.17) is 9.47 Å². The normalized spacial score (nSPS) is 26.5. The van der Waals surface area contributed by atoms with Crippen molar-refractivity contribution in [1.82, 2.24) is 9.80 Å². The Bertz CT molecular complexity index is 778. The lowest BCUT2D eigenvalue weighted by Crippen LogP contribution is -2.45. The molecule has 31 heavy (non-hydrogen) atoms. The number of hydrogen-bond acceptors (Lipinski definition) is 5. The first kappa shape index (κ1) is 23.5. The maximum Gasteiger partial charge on any atom is 0.257 e. The predicted octanol–water partition coefficient (Wildman–Crippen LogP) is 3.25. The van der Waals surface area contributed by atoms with Gasteiger partial charge in [-0.3, -0.25) is 14.5 Å². The molecule has 0 radical (unpaired) electrons. The van der Waals surface area contributed by atoms with E-state index in [0.717, 1.165) is 32.2 Å². The van der Waals surface area contributed by atoms with Crippen molar-refractivity contribution in [1.29, 1.82) is 0 Å². The van der Waals surface area contributed by atoms with Crippen molar-refractivity contribution in [3.8, 4) is 5.75 Å². The molecule has 1 saturated carbocycles. The fourth-order valence-electron chi connectivity index (χ4n) is 4.46. The molecule has 3 atom stereocenters. The zero-order valence-electron chi connectivity index (χ0n) is 19.5. The van der Waals surface area contributed by atoms with Gasteiger partial charge in [0.2, 0.25) is 5.91 Å². The number of nitrogens with one attached hydrogen (secondary N) is 1. The van der Waals surface area contributed by atoms with E-state index in [0.29, 0.717) is 30.2 Å². The van der Waals surface area contributed by atoms with Crippen LogP contribution in [0.5, 0.6) is 5.75 Å². The van der Waals surface area contributed by atoms with Crippen LogP contribution in [0, 0.1) is 11.8 Å². The summed E-state index contributed by atoms with van der Waals surface area (Å²) in [7, 11) is 5.57. The topological polar surface area (TPSA) is 71.1 Å². The first-order valence-electron chi connectivity index (χ1n) is 11.4. The van der Waals surface area contributed by atoms with Gasteiger partial charge in [-0.05, 0) is 44.9 Å². The maximum atomic E-state index is 13.2. The molecule has 1 fully saturated rings. The van der Waals surface area contributed by atoms with Gasteiger partial charge in [0, 0.05) is 51.0 Å². The van der Waals surface area contributed by atoms with Crippen molar-refractivity contribution in [2.45, 2.75) is 51.7 Å². The van der Waals surface area contributed by atoms with Gasteiger partial charge in [-0.25, -0.2) is 0 Å². The highest BCUT2D eigenvalue weighted by Crippen LogP contribution is 2.29. The van der Waals surface area contributed by atoms with Crippen LogP contribution in [0.25, 0.3) is 0 Å². The molecule has 3 rings (SSSR count). The number of likely N-dealkylation sites (N-methyl/N-ethyl adjacent to an activating group) is 2. The molecule has 0 bridgehead atoms. The molecule has 172 valence electrons. The summed E-state index contributed by atoms with van der Waals surface area (Å²) in [4.78, 5) is 29.7. The number of anilines is 1. The first-order valence-corrected chi connectivity index (χ1v) is 11.4. The van der Waals surface area contributed by atoms with Crippen molar-refractivity contribution in [3.05, 3.63) is 23.8 Å². The molecule has 0 unspecified atom stereocenters. The van der Waals surface area contributed by atoms with Gasteiger partial charge in [0.1, 0.15) is 12.4 Å². The molecule has 1 aromatic rings. The Balaban J connectivity index is 1.86. The summed E-state index contributed by atoms with van der Waals surface area (Å²) >= 11 is 0. The third kappa shape index (κ3) is 5.77. The number of rotatable bonds is 3. The number of methoxy groups -OCH3 is 1. The Kier molecular flexibility index (Phi) is 7.94. The summed E-state index contributed by atoms with van der Waals surface area (Å²) in [5, 5.41) is 3.01. The van der Waals surface area contributed by atoms with Crippen molar-refractivity contribution in [2.24, 2.45) is 11.8 Å². The summed E-state index contributed by atoms with van der Waals surface area (Å²) in [6, 6.07) is 5.49. The average molecular weight is 432 g/mol. The van der Waals surface area contributed by atoms with E-state index in [2.05, 4.69) is 31.1 Å². The molecule has 1 aromatic carbocycles. The number of fused-ring (bicyclic) bond motifs is 1. The number of hydrogen-bond donors (Lipinski definition) is 1. The van der Waals surface area contributed by atoms with Gasteiger partial charge in [-0.2, -0.15) is 0 Å². The molecule has 7 heteroatoms. The molecule has 2 amide bonds. The minimum absolute atomic E-state index is 0.0547. The molecular weight excluding hydrogens is 394 g/mol. The fourth-order valence-corrected chi connectivity index (χ4v) is 4.46. The van der Waals surface area contributed by atoms with Gasteiger partial charge in [-0.15, -0.1) is 0 Å². The maximum absolute atomic E-state index is 13.2. The first-order chi connectivity index (χ1) is 14.8. The van der Waals surface area contributed by atoms with Crippen LogP contribution in [-0.4, -0.2) is 74.7 Å². The minimum atomic E-state index is -0.112. The highest BCUT2D eigenvalue weighted by Gasteiger charge is 2.28. The number of nitrogens with zero attached hydrogens (tertiary/aromatic N) is 2. The van der Waals surface area contributed by atoms with E-state index in [1.165, 1.54) is 0 Å². The number of benzene rings is 1. The molecule has 0 saturated heterocycles. The van der Waals surface area contributed by atoms with Gasteiger partial charge in [0.05, 0.1) is 11.7 Å². The molecule has 0 spiro atoms. The number of ether oxygens (including phenoxy) is 2. The Hall–Kier alpha value is -2.12. The quantitative estimate of drug-likeness (QED) is 0.796. The Labute approximate surface area is 186 Å². The van der Waals surface area contributed by atoms with Crippen molar-refractivity contribution in [3.63, 3.8) is 0 Å². The van der Waals surface area contributed by atoms with Crippen molar-refractivity contribution in [2.75, 3.05) is 46.2 Å². The van der Waals surface area contributed by atoms with Gasteiger partial charge >= 0.3 is 0 Å². The lowest BCUT2D eigenvalue weighted by molar-refractivity contribution is -0.119. The van der Waals surface area contributed by atoms with Crippen LogP contribution in [0.3, 0.4) is 0 Å². The van der Waals surface area contributed by atoms with Gasteiger partial charge < -0.3 is 19.7 Å². The lowest BCUT2D eigenvalue weighted by atomic mass is 10.0. The molecule has 0 aromatic heterocycles. The van der Waals surface area contributed by atoms with Crippen LogP contribution >= 0.6 is 0 Å². The zero-order chi connectivity index (χ0) is 22.5. The largest absolute Gasteiger partial charge is 0.491 e. The van der Waals surface area contributed by atoms with E-state index in [9.17, 15) is 9.59 Å². The summed E-state index contributed by atoms with van der Waals surface area (Å²) < 4.78 is 11.8. The summed E-state index contributed by atoms with van der Waals surface area (Å²) in [5.74, 6) is 0.790. The van der Waals surface area contributed by atoms with Gasteiger partial charge in [0.15, 0.2) is 0 Å². The second kappa shape index (κ2) is 10.5. The minimum Gasteiger partial charge on any atom is -0.491 e. The summed E-state index contributed by atoms with van der Waals surface area (Å²) in [5.41, 5.74) is 1.17. The third-order valence-corrected chi connectivity index (χ3v) is 6.75. The highest BCUT2D eigenvalue weighted by atomic mass is 16.5. The third-order valence-electron chi connectivity index (χ3n) is 6.75. The van der Waals surface area contributed by atoms with Crippen LogP contribution < -0.4 is 10.1 Å². The van der Waals surface area contributed by atoms with Crippen LogP contribution in [0.1, 0.15) is 49.9 Å². The standard InChI is InChI=1S/C24H37N3O4/c1-16-13-26(3)17(2)15-31-21-12-19(25-23(28)18-8-6-7-9-18)10-11-20(21)24(29)27(4)14-22(16)30-5/h10-12,16-18,22H,6-9,13-15H2,1-5H3,(H,25,28)/t16-,17+,22+/m0/s1. The average Bonchev–Trinajstić information content (AvgIpc) is 3.29. The number of amides is 2. The Morgan fingerprint density at radius 2 is 1.87 bits per heavy atom. The molecule has 7 nitrogen and oxygen atoms in total. The van der Waals surface area contributed by atoms with E-state index < -0.39 is 0 Å². The summed E-state index contributed by atoms with van der Waals surface area (Å²) in [6.07, 6.45) is 4.05.